The maximum absolute atomic E-state index is 6.21. The Kier molecular flexibility index (Phi) is 3.82. The summed E-state index contributed by atoms with van der Waals surface area (Å²) in [7, 11) is 0. The minimum Gasteiger partial charge on any atom is -0.381 e. The number of rotatable bonds is 3. The maximum Gasteiger partial charge on any atom is 0.158 e. The average molecular weight is 367 g/mol. The van der Waals surface area contributed by atoms with Crippen molar-refractivity contribution in [2.24, 2.45) is 5.41 Å². The molecule has 2 aromatic rings. The average Bonchev–Trinajstić information content (AvgIpc) is 2.43. The normalized spacial score (nSPS) is 18.6. The van der Waals surface area contributed by atoms with Gasteiger partial charge >= 0.3 is 0 Å². The first-order chi connectivity index (χ1) is 11.1. The minimum atomic E-state index is 0.429. The molecule has 1 spiro atoms. The number of anilines is 2. The lowest BCUT2D eigenvalue weighted by Crippen LogP contribution is -2.60. The summed E-state index contributed by atoms with van der Waals surface area (Å²) >= 11 is 13.6. The number of nitrogens with zero attached hydrogens (tertiary/aromatic N) is 3. The second-order valence-corrected chi connectivity index (χ2v) is 8.10. The van der Waals surface area contributed by atoms with Crippen molar-refractivity contribution in [2.45, 2.75) is 29.2 Å². The Labute approximate surface area is 149 Å². The Morgan fingerprint density at radius 2 is 2.00 bits per heavy atom. The van der Waals surface area contributed by atoms with Crippen LogP contribution in [-0.2, 0) is 0 Å². The fraction of sp³-hybridized carbons (Fsp3) is 0.375. The van der Waals surface area contributed by atoms with Crippen LogP contribution in [0.5, 0.6) is 0 Å². The van der Waals surface area contributed by atoms with E-state index in [1.54, 1.807) is 12.3 Å². The first-order valence-electron chi connectivity index (χ1n) is 7.56. The Balaban J connectivity index is 1.51. The van der Waals surface area contributed by atoms with Gasteiger partial charge in [-0.15, -0.1) is 0 Å². The fourth-order valence-corrected chi connectivity index (χ4v) is 4.48. The molecule has 7 heteroatoms. The van der Waals surface area contributed by atoms with Crippen LogP contribution in [-0.4, -0.2) is 23.1 Å². The van der Waals surface area contributed by atoms with Gasteiger partial charge in [0, 0.05) is 23.4 Å². The van der Waals surface area contributed by atoms with Crippen LogP contribution in [0, 0.1) is 5.41 Å². The van der Waals surface area contributed by atoms with Crippen molar-refractivity contribution in [3.05, 3.63) is 34.4 Å². The number of nitrogen functional groups attached to an aromatic ring is 1. The van der Waals surface area contributed by atoms with Crippen LogP contribution < -0.4 is 10.6 Å². The second kappa shape index (κ2) is 5.72. The lowest BCUT2D eigenvalue weighted by atomic mass is 9.63. The van der Waals surface area contributed by atoms with E-state index in [1.165, 1.54) is 31.0 Å². The van der Waals surface area contributed by atoms with Crippen LogP contribution in [0.15, 0.2) is 34.3 Å². The summed E-state index contributed by atoms with van der Waals surface area (Å²) in [6.07, 6.45) is 5.83. The van der Waals surface area contributed by atoms with Gasteiger partial charge in [0.25, 0.3) is 0 Å². The summed E-state index contributed by atoms with van der Waals surface area (Å²) in [5.41, 5.74) is 6.64. The van der Waals surface area contributed by atoms with E-state index in [2.05, 4.69) is 14.9 Å². The zero-order valence-corrected chi connectivity index (χ0v) is 14.8. The summed E-state index contributed by atoms with van der Waals surface area (Å²) in [6.45, 7) is 2.15. The van der Waals surface area contributed by atoms with Gasteiger partial charge in [0.05, 0.1) is 16.2 Å². The Bertz CT molecular complexity index is 756. The molecule has 4 nitrogen and oxygen atoms in total. The molecule has 2 heterocycles. The van der Waals surface area contributed by atoms with Crippen LogP contribution in [0.1, 0.15) is 19.3 Å². The summed E-state index contributed by atoms with van der Waals surface area (Å²) in [4.78, 5) is 12.1. The molecular weight excluding hydrogens is 351 g/mol. The van der Waals surface area contributed by atoms with Gasteiger partial charge in [-0.25, -0.2) is 9.97 Å². The Morgan fingerprint density at radius 1 is 1.22 bits per heavy atom. The zero-order chi connectivity index (χ0) is 16.0. The topological polar surface area (TPSA) is 55.0 Å². The molecule has 1 aromatic heterocycles. The smallest absolute Gasteiger partial charge is 0.158 e. The summed E-state index contributed by atoms with van der Waals surface area (Å²) in [6, 6.07) is 5.50. The van der Waals surface area contributed by atoms with Gasteiger partial charge in [-0.2, -0.15) is 0 Å². The number of hydrogen-bond donors (Lipinski definition) is 1. The van der Waals surface area contributed by atoms with Gasteiger partial charge in [0.2, 0.25) is 0 Å². The predicted molar refractivity (Wildman–Crippen MR) is 95.5 cm³/mol. The van der Waals surface area contributed by atoms with E-state index >= 15 is 0 Å². The molecule has 4 rings (SSSR count). The van der Waals surface area contributed by atoms with E-state index in [0.717, 1.165) is 23.8 Å². The van der Waals surface area contributed by atoms with E-state index in [0.29, 0.717) is 26.3 Å². The maximum atomic E-state index is 6.21. The number of nitrogens with two attached hydrogens (primary N) is 1. The van der Waals surface area contributed by atoms with Crippen LogP contribution in [0.25, 0.3) is 0 Å². The molecule has 0 unspecified atom stereocenters. The third-order valence-electron chi connectivity index (χ3n) is 4.66. The van der Waals surface area contributed by atoms with Gasteiger partial charge in [0.1, 0.15) is 10.8 Å². The molecule has 0 bridgehead atoms. The fourth-order valence-electron chi connectivity index (χ4n) is 3.20. The molecule has 1 saturated heterocycles. The Morgan fingerprint density at radius 3 is 2.65 bits per heavy atom. The number of halogens is 2. The SMILES string of the molecule is Nc1nc(N2CC3(CCC3)C2)cnc1Sc1cccc(Cl)c1Cl. The highest BCUT2D eigenvalue weighted by Crippen LogP contribution is 2.49. The zero-order valence-electron chi connectivity index (χ0n) is 12.4. The molecular formula is C16H16Cl2N4S. The van der Waals surface area contributed by atoms with Crippen molar-refractivity contribution in [2.75, 3.05) is 23.7 Å². The first-order valence-corrected chi connectivity index (χ1v) is 9.13. The molecule has 0 atom stereocenters. The lowest BCUT2D eigenvalue weighted by Gasteiger charge is -2.56. The third-order valence-corrected chi connectivity index (χ3v) is 6.66. The van der Waals surface area contributed by atoms with Crippen molar-refractivity contribution >= 4 is 46.6 Å². The summed E-state index contributed by atoms with van der Waals surface area (Å²) in [5.74, 6) is 1.29. The second-order valence-electron chi connectivity index (χ2n) is 6.28. The molecule has 120 valence electrons. The minimum absolute atomic E-state index is 0.429. The quantitative estimate of drug-likeness (QED) is 0.865. The van der Waals surface area contributed by atoms with Crippen molar-refractivity contribution in [1.82, 2.24) is 9.97 Å². The van der Waals surface area contributed by atoms with Crippen LogP contribution in [0.2, 0.25) is 10.0 Å². The van der Waals surface area contributed by atoms with Crippen molar-refractivity contribution in [3.8, 4) is 0 Å². The van der Waals surface area contributed by atoms with Crippen molar-refractivity contribution in [1.29, 1.82) is 0 Å². The molecule has 2 fully saturated rings. The molecule has 0 amide bonds. The van der Waals surface area contributed by atoms with Crippen molar-refractivity contribution in [3.63, 3.8) is 0 Å². The van der Waals surface area contributed by atoms with E-state index in [9.17, 15) is 0 Å². The number of hydrogen-bond acceptors (Lipinski definition) is 5. The number of aromatic nitrogens is 2. The third kappa shape index (κ3) is 2.75. The molecule has 1 aliphatic carbocycles. The van der Waals surface area contributed by atoms with E-state index < -0.39 is 0 Å². The summed E-state index contributed by atoms with van der Waals surface area (Å²) < 4.78 is 0. The van der Waals surface area contributed by atoms with Gasteiger partial charge < -0.3 is 10.6 Å². The molecule has 2 N–H and O–H groups in total. The lowest BCUT2D eigenvalue weighted by molar-refractivity contribution is 0.0896. The van der Waals surface area contributed by atoms with Gasteiger partial charge in [-0.05, 0) is 25.0 Å². The largest absolute Gasteiger partial charge is 0.381 e. The monoisotopic (exact) mass is 366 g/mol. The predicted octanol–water partition coefficient (Wildman–Crippen LogP) is 4.51. The van der Waals surface area contributed by atoms with Crippen LogP contribution in [0.3, 0.4) is 0 Å². The first kappa shape index (κ1) is 15.4. The number of benzene rings is 1. The van der Waals surface area contributed by atoms with E-state index in [1.807, 2.05) is 12.1 Å². The van der Waals surface area contributed by atoms with Gasteiger partial charge in [0.15, 0.2) is 5.82 Å². The van der Waals surface area contributed by atoms with Crippen LogP contribution >= 0.6 is 35.0 Å². The highest BCUT2D eigenvalue weighted by Gasteiger charge is 2.47. The molecule has 1 saturated carbocycles. The molecule has 2 aliphatic rings. The standard InChI is InChI=1S/C16H16Cl2N4S/c17-10-3-1-4-11(13(10)18)23-15-14(19)21-12(7-20-15)22-8-16(9-22)5-2-6-16/h1,3-4,7H,2,5-6,8-9H2,(H2,19,21). The molecule has 1 aliphatic heterocycles. The highest BCUT2D eigenvalue weighted by atomic mass is 35.5. The molecule has 1 aromatic carbocycles. The van der Waals surface area contributed by atoms with E-state index in [-0.39, 0.29) is 0 Å². The van der Waals surface area contributed by atoms with Gasteiger partial charge in [-0.1, -0.05) is 47.5 Å². The van der Waals surface area contributed by atoms with E-state index in [4.69, 9.17) is 28.9 Å². The molecule has 0 radical (unpaired) electrons. The Hall–Kier alpha value is -1.17. The highest BCUT2D eigenvalue weighted by molar-refractivity contribution is 7.99. The molecule has 23 heavy (non-hydrogen) atoms. The van der Waals surface area contributed by atoms with Crippen LogP contribution in [0.4, 0.5) is 11.6 Å². The van der Waals surface area contributed by atoms with Gasteiger partial charge in [-0.3, -0.25) is 0 Å². The van der Waals surface area contributed by atoms with Crippen molar-refractivity contribution < 1.29 is 0 Å². The summed E-state index contributed by atoms with van der Waals surface area (Å²) in [5, 5.41) is 1.68.